The summed E-state index contributed by atoms with van der Waals surface area (Å²) >= 11 is 0. The average molecular weight is 536 g/mol. The summed E-state index contributed by atoms with van der Waals surface area (Å²) in [6, 6.07) is 51.5. The van der Waals surface area contributed by atoms with Crippen molar-refractivity contribution in [3.8, 4) is 27.9 Å². The molecule has 1 heterocycles. The number of aromatic nitrogens is 1. The van der Waals surface area contributed by atoms with E-state index >= 15 is 0 Å². The van der Waals surface area contributed by atoms with E-state index in [9.17, 15) is 0 Å². The van der Waals surface area contributed by atoms with Crippen molar-refractivity contribution in [2.75, 3.05) is 0 Å². The normalized spacial score (nSPS) is 13.7. The number of hydrogen-bond acceptors (Lipinski definition) is 0. The first kappa shape index (κ1) is 23.6. The molecule has 1 heteroatoms. The fourth-order valence-corrected chi connectivity index (χ4v) is 7.63. The highest BCUT2D eigenvalue weighted by atomic mass is 15.0. The summed E-state index contributed by atoms with van der Waals surface area (Å²) in [7, 11) is 0. The highest BCUT2D eigenvalue weighted by Gasteiger charge is 2.35. The van der Waals surface area contributed by atoms with Crippen molar-refractivity contribution in [1.82, 2.24) is 4.57 Å². The molecule has 198 valence electrons. The Morgan fingerprint density at radius 3 is 2.00 bits per heavy atom. The van der Waals surface area contributed by atoms with Crippen molar-refractivity contribution in [2.24, 2.45) is 0 Å². The maximum Gasteiger partial charge on any atom is 0.0553 e. The van der Waals surface area contributed by atoms with Gasteiger partial charge in [-0.1, -0.05) is 129 Å². The zero-order valence-electron chi connectivity index (χ0n) is 23.7. The first-order valence-corrected chi connectivity index (χ1v) is 14.8. The Morgan fingerprint density at radius 1 is 0.476 bits per heavy atom. The van der Waals surface area contributed by atoms with Crippen LogP contribution in [0.2, 0.25) is 0 Å². The van der Waals surface area contributed by atoms with Crippen LogP contribution in [0.3, 0.4) is 0 Å². The second-order valence-corrected chi connectivity index (χ2v) is 12.1. The molecular weight excluding hydrogens is 506 g/mol. The lowest BCUT2D eigenvalue weighted by Gasteiger charge is -2.35. The molecule has 42 heavy (non-hydrogen) atoms. The molecule has 0 atom stereocenters. The van der Waals surface area contributed by atoms with E-state index in [4.69, 9.17) is 0 Å². The van der Waals surface area contributed by atoms with Gasteiger partial charge < -0.3 is 4.57 Å². The number of nitrogens with zero attached hydrogens (tertiary/aromatic N) is 1. The third-order valence-electron chi connectivity index (χ3n) is 9.57. The number of hydrogen-bond donors (Lipinski definition) is 0. The molecule has 8 aromatic rings. The molecule has 1 aliphatic rings. The van der Waals surface area contributed by atoms with E-state index in [2.05, 4.69) is 158 Å². The molecule has 7 aromatic carbocycles. The largest absolute Gasteiger partial charge is 0.309 e. The molecule has 9 rings (SSSR count). The van der Waals surface area contributed by atoms with Crippen LogP contribution >= 0.6 is 0 Å². The van der Waals surface area contributed by atoms with Crippen LogP contribution in [0, 0.1) is 0 Å². The summed E-state index contributed by atoms with van der Waals surface area (Å²) in [6.07, 6.45) is 0. The van der Waals surface area contributed by atoms with Gasteiger partial charge in [-0.15, -0.1) is 0 Å². The van der Waals surface area contributed by atoms with Crippen molar-refractivity contribution in [3.05, 3.63) is 151 Å². The minimum absolute atomic E-state index is 0.0629. The molecule has 1 nitrogen and oxygen atoms in total. The molecule has 0 unspecified atom stereocenters. The van der Waals surface area contributed by atoms with Gasteiger partial charge in [-0.2, -0.15) is 0 Å². The molecular formula is C41H29N. The maximum atomic E-state index is 2.46. The minimum Gasteiger partial charge on any atom is -0.309 e. The van der Waals surface area contributed by atoms with Gasteiger partial charge in [0.25, 0.3) is 0 Å². The number of rotatable bonds is 2. The SMILES string of the molecule is CC1(C)c2ccccc2-c2c3c1cccc3cc1c2c2ccccc2n1-c1ccc(-c2cccc3ccccc23)cc1. The van der Waals surface area contributed by atoms with Crippen LogP contribution < -0.4 is 0 Å². The molecule has 1 aliphatic carbocycles. The smallest absolute Gasteiger partial charge is 0.0553 e. The van der Waals surface area contributed by atoms with E-state index < -0.39 is 0 Å². The minimum atomic E-state index is -0.0629. The Balaban J connectivity index is 1.36. The quantitative estimate of drug-likeness (QED) is 0.207. The van der Waals surface area contributed by atoms with Gasteiger partial charge in [-0.3, -0.25) is 0 Å². The van der Waals surface area contributed by atoms with Crippen molar-refractivity contribution >= 4 is 43.4 Å². The summed E-state index contributed by atoms with van der Waals surface area (Å²) in [5.41, 5.74) is 11.6. The predicted octanol–water partition coefficient (Wildman–Crippen LogP) is 11.1. The van der Waals surface area contributed by atoms with Gasteiger partial charge in [0.1, 0.15) is 0 Å². The molecule has 0 saturated carbocycles. The fourth-order valence-electron chi connectivity index (χ4n) is 7.63. The van der Waals surface area contributed by atoms with Crippen LogP contribution in [0.15, 0.2) is 140 Å². The van der Waals surface area contributed by atoms with Gasteiger partial charge >= 0.3 is 0 Å². The van der Waals surface area contributed by atoms with Gasteiger partial charge in [-0.25, -0.2) is 0 Å². The molecule has 0 fully saturated rings. The molecule has 0 N–H and O–H groups in total. The topological polar surface area (TPSA) is 4.93 Å². The van der Waals surface area contributed by atoms with Crippen molar-refractivity contribution < 1.29 is 0 Å². The van der Waals surface area contributed by atoms with E-state index in [1.165, 1.54) is 82.4 Å². The molecule has 0 radical (unpaired) electrons. The van der Waals surface area contributed by atoms with E-state index in [0.717, 1.165) is 0 Å². The summed E-state index contributed by atoms with van der Waals surface area (Å²) in [5, 5.41) is 7.88. The lowest BCUT2D eigenvalue weighted by atomic mass is 9.68. The van der Waals surface area contributed by atoms with E-state index in [1.807, 2.05) is 0 Å². The number of fused-ring (bicyclic) bond motifs is 7. The first-order chi connectivity index (χ1) is 20.6. The number of benzene rings is 7. The lowest BCUT2D eigenvalue weighted by Crippen LogP contribution is -2.23. The van der Waals surface area contributed by atoms with Crippen LogP contribution in [-0.2, 0) is 5.41 Å². The van der Waals surface area contributed by atoms with Crippen molar-refractivity contribution in [1.29, 1.82) is 0 Å². The Kier molecular flexibility index (Phi) is 4.73. The highest BCUT2D eigenvalue weighted by Crippen LogP contribution is 2.52. The zero-order chi connectivity index (χ0) is 28.0. The van der Waals surface area contributed by atoms with Crippen LogP contribution in [-0.4, -0.2) is 4.57 Å². The molecule has 0 saturated heterocycles. The van der Waals surface area contributed by atoms with Gasteiger partial charge in [0.2, 0.25) is 0 Å². The van der Waals surface area contributed by atoms with Crippen molar-refractivity contribution in [2.45, 2.75) is 19.3 Å². The van der Waals surface area contributed by atoms with Gasteiger partial charge in [0.15, 0.2) is 0 Å². The van der Waals surface area contributed by atoms with E-state index in [1.54, 1.807) is 0 Å². The summed E-state index contributed by atoms with van der Waals surface area (Å²) in [6.45, 7) is 4.74. The van der Waals surface area contributed by atoms with Crippen molar-refractivity contribution in [3.63, 3.8) is 0 Å². The zero-order valence-corrected chi connectivity index (χ0v) is 23.7. The number of para-hydroxylation sites is 1. The average Bonchev–Trinajstić information content (AvgIpc) is 3.36. The van der Waals surface area contributed by atoms with Gasteiger partial charge in [0.05, 0.1) is 11.0 Å². The molecule has 0 spiro atoms. The monoisotopic (exact) mass is 535 g/mol. The molecule has 0 aliphatic heterocycles. The summed E-state index contributed by atoms with van der Waals surface area (Å²) < 4.78 is 2.46. The third-order valence-corrected chi connectivity index (χ3v) is 9.57. The predicted molar refractivity (Wildman–Crippen MR) is 179 cm³/mol. The van der Waals surface area contributed by atoms with Crippen LogP contribution in [0.1, 0.15) is 25.0 Å². The Labute approximate surface area is 245 Å². The Morgan fingerprint density at radius 2 is 1.12 bits per heavy atom. The van der Waals surface area contributed by atoms with Crippen LogP contribution in [0.25, 0.3) is 71.3 Å². The lowest BCUT2D eigenvalue weighted by molar-refractivity contribution is 0.645. The summed E-state index contributed by atoms with van der Waals surface area (Å²) in [4.78, 5) is 0. The standard InChI is InChI=1S/C41H29N/c1-41(2)34-18-7-5-15-32(34)40-38-28(13-10-19-35(38)41)25-37-39(40)33-16-6-8-20-36(33)42(37)29-23-21-27(22-24-29)31-17-9-12-26-11-3-4-14-30(26)31/h3-25H,1-2H3. The highest BCUT2D eigenvalue weighted by molar-refractivity contribution is 6.24. The first-order valence-electron chi connectivity index (χ1n) is 14.8. The van der Waals surface area contributed by atoms with Crippen LogP contribution in [0.4, 0.5) is 0 Å². The molecule has 0 bridgehead atoms. The van der Waals surface area contributed by atoms with E-state index in [0.29, 0.717) is 0 Å². The van der Waals surface area contributed by atoms with Crippen LogP contribution in [0.5, 0.6) is 0 Å². The summed E-state index contributed by atoms with van der Waals surface area (Å²) in [5.74, 6) is 0. The maximum absolute atomic E-state index is 2.46. The Hall–Kier alpha value is -5.14. The van der Waals surface area contributed by atoms with E-state index in [-0.39, 0.29) is 5.41 Å². The van der Waals surface area contributed by atoms with Gasteiger partial charge in [0, 0.05) is 27.4 Å². The van der Waals surface area contributed by atoms with Gasteiger partial charge in [-0.05, 0) is 73.6 Å². The fraction of sp³-hybridized carbons (Fsp3) is 0.0732. The third kappa shape index (κ3) is 3.08. The Bertz CT molecular complexity index is 2360. The molecule has 0 amide bonds. The second-order valence-electron chi connectivity index (χ2n) is 12.1. The second kappa shape index (κ2) is 8.44. The molecule has 1 aromatic heterocycles.